The van der Waals surface area contributed by atoms with Crippen LogP contribution in [0.1, 0.15) is 73.6 Å². The standard InChI is InChI=1S/C23H41N3O4/c1-8-17(6)26-13-11-10-12-19(26)21(27)24-20(15(3)4)22(28)25(7)18(9-2)14-16(5)23(29)30/h14-15,17-20H,8-13H2,1-7H3,(H,24,27)(H,29,30)/b16-14+/t17?,18-,19?,20-/m0/s1. The lowest BCUT2D eigenvalue weighted by Crippen LogP contribution is -2.58. The number of carboxylic acid groups (broad SMARTS) is 1. The Morgan fingerprint density at radius 2 is 1.80 bits per heavy atom. The minimum atomic E-state index is -0.995. The molecule has 0 bridgehead atoms. The van der Waals surface area contributed by atoms with Gasteiger partial charge in [0.2, 0.25) is 11.8 Å². The number of carbonyl (C=O) groups is 3. The second kappa shape index (κ2) is 12.1. The summed E-state index contributed by atoms with van der Waals surface area (Å²) in [7, 11) is 1.68. The van der Waals surface area contributed by atoms with E-state index in [9.17, 15) is 14.4 Å². The van der Waals surface area contributed by atoms with Crippen molar-refractivity contribution >= 4 is 17.8 Å². The topological polar surface area (TPSA) is 90.0 Å². The molecule has 30 heavy (non-hydrogen) atoms. The summed E-state index contributed by atoms with van der Waals surface area (Å²) in [6.07, 6.45) is 6.09. The normalized spacial score (nSPS) is 21.1. The molecule has 0 radical (unpaired) electrons. The molecule has 0 aliphatic carbocycles. The fourth-order valence-corrected chi connectivity index (χ4v) is 4.01. The number of amides is 2. The molecule has 4 atom stereocenters. The van der Waals surface area contributed by atoms with E-state index in [-0.39, 0.29) is 35.4 Å². The molecule has 0 spiro atoms. The van der Waals surface area contributed by atoms with Gasteiger partial charge in [-0.15, -0.1) is 0 Å². The van der Waals surface area contributed by atoms with Gasteiger partial charge in [-0.25, -0.2) is 4.79 Å². The molecule has 1 aliphatic rings. The number of likely N-dealkylation sites (tertiary alicyclic amines) is 1. The lowest BCUT2D eigenvalue weighted by Gasteiger charge is -2.40. The molecule has 0 aromatic rings. The van der Waals surface area contributed by atoms with Crippen LogP contribution in [0.15, 0.2) is 11.6 Å². The molecule has 2 N–H and O–H groups in total. The summed E-state index contributed by atoms with van der Waals surface area (Å²) in [4.78, 5) is 41.4. The fraction of sp³-hybridized carbons (Fsp3) is 0.783. The number of hydrogen-bond acceptors (Lipinski definition) is 4. The number of likely N-dealkylation sites (N-methyl/N-ethyl adjacent to an activating group) is 1. The first kappa shape index (κ1) is 26.1. The van der Waals surface area contributed by atoms with Gasteiger partial charge in [-0.3, -0.25) is 14.5 Å². The van der Waals surface area contributed by atoms with Crippen molar-refractivity contribution in [3.8, 4) is 0 Å². The van der Waals surface area contributed by atoms with Crippen LogP contribution in [0.3, 0.4) is 0 Å². The number of nitrogens with zero attached hydrogens (tertiary/aromatic N) is 2. The first-order valence-corrected chi connectivity index (χ1v) is 11.3. The molecule has 0 saturated carbocycles. The van der Waals surface area contributed by atoms with Crippen molar-refractivity contribution in [2.75, 3.05) is 13.6 Å². The quantitative estimate of drug-likeness (QED) is 0.527. The van der Waals surface area contributed by atoms with Crippen LogP contribution in [0.5, 0.6) is 0 Å². The van der Waals surface area contributed by atoms with E-state index in [0.29, 0.717) is 12.5 Å². The van der Waals surface area contributed by atoms with E-state index < -0.39 is 12.0 Å². The minimum Gasteiger partial charge on any atom is -0.478 e. The van der Waals surface area contributed by atoms with Gasteiger partial charge in [0.1, 0.15) is 6.04 Å². The Bertz CT molecular complexity index is 632. The smallest absolute Gasteiger partial charge is 0.331 e. The summed E-state index contributed by atoms with van der Waals surface area (Å²) < 4.78 is 0. The van der Waals surface area contributed by atoms with E-state index in [0.717, 1.165) is 32.2 Å². The molecule has 2 unspecified atom stereocenters. The first-order valence-electron chi connectivity index (χ1n) is 11.3. The fourth-order valence-electron chi connectivity index (χ4n) is 4.01. The zero-order valence-electron chi connectivity index (χ0n) is 19.8. The highest BCUT2D eigenvalue weighted by Gasteiger charge is 2.35. The van der Waals surface area contributed by atoms with Crippen molar-refractivity contribution in [3.05, 3.63) is 11.6 Å². The molecule has 1 fully saturated rings. The van der Waals surface area contributed by atoms with Gasteiger partial charge in [-0.2, -0.15) is 0 Å². The molecule has 1 aliphatic heterocycles. The minimum absolute atomic E-state index is 0.0772. The Morgan fingerprint density at radius 3 is 2.30 bits per heavy atom. The van der Waals surface area contributed by atoms with E-state index in [4.69, 9.17) is 5.11 Å². The number of piperidine rings is 1. The lowest BCUT2D eigenvalue weighted by molar-refractivity contribution is -0.140. The first-order chi connectivity index (χ1) is 14.0. The Morgan fingerprint density at radius 1 is 1.17 bits per heavy atom. The zero-order valence-corrected chi connectivity index (χ0v) is 19.8. The molecule has 7 heteroatoms. The number of nitrogens with one attached hydrogen (secondary N) is 1. The third-order valence-electron chi connectivity index (χ3n) is 6.28. The van der Waals surface area contributed by atoms with E-state index in [1.807, 2.05) is 20.8 Å². The second-order valence-corrected chi connectivity index (χ2v) is 8.82. The number of aliphatic carboxylic acids is 1. The summed E-state index contributed by atoms with van der Waals surface area (Å²) in [5.41, 5.74) is 0.207. The van der Waals surface area contributed by atoms with Crippen LogP contribution in [0.25, 0.3) is 0 Å². The summed E-state index contributed by atoms with van der Waals surface area (Å²) in [5, 5.41) is 12.2. The summed E-state index contributed by atoms with van der Waals surface area (Å²) in [5.74, 6) is -1.34. The highest BCUT2D eigenvalue weighted by Crippen LogP contribution is 2.22. The Hall–Kier alpha value is -1.89. The SMILES string of the molecule is CCC(C)N1CCCCC1C(=O)N[C@H](C(=O)N(C)[C@H](/C=C(\C)C(=O)O)CC)C(C)C. The molecule has 172 valence electrons. The van der Waals surface area contributed by atoms with E-state index in [2.05, 4.69) is 24.1 Å². The molecular formula is C23H41N3O4. The second-order valence-electron chi connectivity index (χ2n) is 8.82. The number of carboxylic acids is 1. The van der Waals surface area contributed by atoms with Gasteiger partial charge in [-0.1, -0.05) is 40.2 Å². The largest absolute Gasteiger partial charge is 0.478 e. The van der Waals surface area contributed by atoms with Crippen molar-refractivity contribution in [2.24, 2.45) is 5.92 Å². The molecular weight excluding hydrogens is 382 g/mol. The van der Waals surface area contributed by atoms with Crippen molar-refractivity contribution < 1.29 is 19.5 Å². The van der Waals surface area contributed by atoms with E-state index in [1.165, 1.54) is 6.92 Å². The molecule has 0 aromatic heterocycles. The maximum atomic E-state index is 13.2. The van der Waals surface area contributed by atoms with Gasteiger partial charge in [0.05, 0.1) is 12.1 Å². The predicted molar refractivity (Wildman–Crippen MR) is 119 cm³/mol. The van der Waals surface area contributed by atoms with Crippen LogP contribution in [0.2, 0.25) is 0 Å². The van der Waals surface area contributed by atoms with Crippen LogP contribution in [0.4, 0.5) is 0 Å². The van der Waals surface area contributed by atoms with Gasteiger partial charge in [0.25, 0.3) is 0 Å². The lowest BCUT2D eigenvalue weighted by atomic mass is 9.96. The van der Waals surface area contributed by atoms with E-state index in [1.54, 1.807) is 18.0 Å². The highest BCUT2D eigenvalue weighted by atomic mass is 16.4. The Labute approximate surface area is 181 Å². The summed E-state index contributed by atoms with van der Waals surface area (Å²) in [6.45, 7) is 12.5. The monoisotopic (exact) mass is 423 g/mol. The highest BCUT2D eigenvalue weighted by molar-refractivity contribution is 5.90. The third-order valence-corrected chi connectivity index (χ3v) is 6.28. The van der Waals surface area contributed by atoms with Crippen LogP contribution in [0, 0.1) is 5.92 Å². The maximum Gasteiger partial charge on any atom is 0.331 e. The molecule has 1 saturated heterocycles. The van der Waals surface area contributed by atoms with Gasteiger partial charge in [0, 0.05) is 18.7 Å². The zero-order chi connectivity index (χ0) is 23.0. The Kier molecular flexibility index (Phi) is 10.5. The van der Waals surface area contributed by atoms with Crippen LogP contribution in [-0.2, 0) is 14.4 Å². The Balaban J connectivity index is 2.99. The molecule has 1 heterocycles. The van der Waals surface area contributed by atoms with Crippen molar-refractivity contribution in [1.29, 1.82) is 0 Å². The van der Waals surface area contributed by atoms with Gasteiger partial charge >= 0.3 is 5.97 Å². The number of hydrogen-bond donors (Lipinski definition) is 2. The average molecular weight is 424 g/mol. The van der Waals surface area contributed by atoms with Crippen molar-refractivity contribution in [3.63, 3.8) is 0 Å². The van der Waals surface area contributed by atoms with Gasteiger partial charge in [-0.05, 0) is 52.0 Å². The maximum absolute atomic E-state index is 13.2. The van der Waals surface area contributed by atoms with Crippen molar-refractivity contribution in [1.82, 2.24) is 15.1 Å². The van der Waals surface area contributed by atoms with E-state index >= 15 is 0 Å². The van der Waals surface area contributed by atoms with Crippen molar-refractivity contribution in [2.45, 2.75) is 97.8 Å². The van der Waals surface area contributed by atoms with Gasteiger partial charge in [0.15, 0.2) is 0 Å². The molecule has 1 rings (SSSR count). The molecule has 7 nitrogen and oxygen atoms in total. The van der Waals surface area contributed by atoms with Crippen LogP contribution < -0.4 is 5.32 Å². The molecule has 2 amide bonds. The summed E-state index contributed by atoms with van der Waals surface area (Å²) in [6, 6.07) is -0.858. The number of carbonyl (C=O) groups excluding carboxylic acids is 2. The van der Waals surface area contributed by atoms with Crippen LogP contribution in [-0.4, -0.2) is 70.4 Å². The third kappa shape index (κ3) is 6.83. The average Bonchev–Trinajstić information content (AvgIpc) is 2.73. The van der Waals surface area contributed by atoms with Gasteiger partial charge < -0.3 is 15.3 Å². The summed E-state index contributed by atoms with van der Waals surface area (Å²) >= 11 is 0. The predicted octanol–water partition coefficient (Wildman–Crippen LogP) is 3.05. The van der Waals surface area contributed by atoms with Crippen LogP contribution >= 0.6 is 0 Å². The molecule has 0 aromatic carbocycles. The number of rotatable bonds is 10.